The Labute approximate surface area is 270 Å². The second kappa shape index (κ2) is 15.6. The van der Waals surface area contributed by atoms with Gasteiger partial charge in [0.15, 0.2) is 0 Å². The molecule has 40 heavy (non-hydrogen) atoms. The van der Waals surface area contributed by atoms with Crippen LogP contribution in [-0.4, -0.2) is 54.3 Å². The second-order valence-corrected chi connectivity index (χ2v) is 11.7. The van der Waals surface area contributed by atoms with Crippen molar-refractivity contribution in [3.05, 3.63) is 76.0 Å². The monoisotopic (exact) mass is 640 g/mol. The molecule has 3 heterocycles. The molecule has 2 aliphatic heterocycles. The number of carbonyl (C=O) groups excluding carboxylic acids is 2. The summed E-state index contributed by atoms with van der Waals surface area (Å²) in [7, 11) is 0. The Morgan fingerprint density at radius 3 is 2.42 bits per heavy atom. The van der Waals surface area contributed by atoms with Crippen molar-refractivity contribution in [1.29, 1.82) is 0 Å². The van der Waals surface area contributed by atoms with E-state index in [1.165, 1.54) is 13.1 Å². The summed E-state index contributed by atoms with van der Waals surface area (Å²) < 4.78 is 0. The van der Waals surface area contributed by atoms with E-state index in [-0.39, 0.29) is 49.9 Å². The fraction of sp³-hybridized carbons (Fsp3) is 0.516. The second-order valence-electron chi connectivity index (χ2n) is 11.3. The molecule has 1 amide bonds. The number of likely N-dealkylation sites (tertiary alicyclic amines) is 1. The van der Waals surface area contributed by atoms with Crippen molar-refractivity contribution in [3.63, 3.8) is 0 Å². The first kappa shape index (κ1) is 34.6. The van der Waals surface area contributed by atoms with Gasteiger partial charge in [-0.25, -0.2) is 0 Å². The molecule has 3 fully saturated rings. The number of aryl methyl sites for hydroxylation is 1. The third-order valence-corrected chi connectivity index (χ3v) is 8.10. The largest absolute Gasteiger partial charge is 0.699 e. The topological polar surface area (TPSA) is 100 Å². The van der Waals surface area contributed by atoms with Gasteiger partial charge in [0.1, 0.15) is 5.78 Å². The number of ketones is 1. The van der Waals surface area contributed by atoms with E-state index < -0.39 is 0 Å². The van der Waals surface area contributed by atoms with Gasteiger partial charge in [0, 0.05) is 76.4 Å². The van der Waals surface area contributed by atoms with E-state index in [9.17, 15) is 9.59 Å². The predicted octanol–water partition coefficient (Wildman–Crippen LogP) is 6.76. The summed E-state index contributed by atoms with van der Waals surface area (Å²) in [6, 6.07) is 9.09. The molecule has 5 rings (SSSR count). The number of rotatable bonds is 8. The molecule has 2 saturated heterocycles. The Balaban J connectivity index is 0.000000212. The van der Waals surface area contributed by atoms with Crippen LogP contribution < -0.4 is 5.32 Å². The van der Waals surface area contributed by atoms with Crippen molar-refractivity contribution in [1.82, 2.24) is 15.2 Å². The van der Waals surface area contributed by atoms with Crippen molar-refractivity contribution in [2.24, 2.45) is 16.7 Å². The molecule has 2 aromatic rings. The van der Waals surface area contributed by atoms with E-state index >= 15 is 0 Å². The quantitative estimate of drug-likeness (QED) is 0.345. The number of nitrogens with one attached hydrogen (secondary N) is 2. The first-order valence-corrected chi connectivity index (χ1v) is 14.1. The van der Waals surface area contributed by atoms with Crippen LogP contribution in [0.4, 0.5) is 5.69 Å². The van der Waals surface area contributed by atoms with Crippen LogP contribution in [-0.2, 0) is 48.8 Å². The molecule has 2 N–H and O–H groups in total. The van der Waals surface area contributed by atoms with Crippen LogP contribution in [0.2, 0.25) is 5.02 Å². The standard InChI is InChI=1S/C12H17N2O.C11H17N2O.C8H8ClN.Y/c1-3-9(2)12(15)14-8-10-5-4-6-11(13)7-10;1-9(14)11(2-3-11)8-13-6-10(7-13)4-12-5-10;1-3-8-7(9)4-6(2)5-10-8;/h4-7,9,13H,3,8H2,1-2H3,(H,14,15);2-8H2,1H3;3-5H,1H2,2H3;/q2*-1;;. The van der Waals surface area contributed by atoms with Crippen molar-refractivity contribution in [3.8, 4) is 0 Å². The minimum Gasteiger partial charge on any atom is -0.699 e. The minimum atomic E-state index is 0. The molecule has 1 spiro atoms. The molecular formula is C31H42ClN5O2Y-2. The number of amides is 1. The third-order valence-electron chi connectivity index (χ3n) is 7.79. The molecule has 1 atom stereocenters. The Kier molecular flexibility index (Phi) is 13.4. The number of carbonyl (C=O) groups is 2. The number of aromatic nitrogens is 1. The molecular weight excluding hydrogens is 599 g/mol. The van der Waals surface area contributed by atoms with E-state index in [2.05, 4.69) is 27.1 Å². The van der Waals surface area contributed by atoms with Gasteiger partial charge in [-0.1, -0.05) is 56.3 Å². The van der Waals surface area contributed by atoms with Crippen molar-refractivity contribution in [2.45, 2.75) is 53.5 Å². The van der Waals surface area contributed by atoms with Crippen molar-refractivity contribution < 1.29 is 42.3 Å². The maximum atomic E-state index is 11.5. The van der Waals surface area contributed by atoms with Crippen LogP contribution in [0.3, 0.4) is 0 Å². The summed E-state index contributed by atoms with van der Waals surface area (Å²) in [4.78, 5) is 29.4. The zero-order valence-electron chi connectivity index (χ0n) is 24.3. The van der Waals surface area contributed by atoms with Gasteiger partial charge in [0.05, 0.1) is 10.7 Å². The fourth-order valence-corrected chi connectivity index (χ4v) is 5.07. The fourth-order valence-electron chi connectivity index (χ4n) is 4.77. The number of hydrogen-bond donors (Lipinski definition) is 1. The van der Waals surface area contributed by atoms with Crippen LogP contribution in [0, 0.1) is 23.7 Å². The Morgan fingerprint density at radius 1 is 1.27 bits per heavy atom. The first-order chi connectivity index (χ1) is 18.5. The molecule has 7 nitrogen and oxygen atoms in total. The molecule has 3 aliphatic rings. The van der Waals surface area contributed by atoms with Gasteiger partial charge in [-0.15, -0.1) is 18.8 Å². The first-order valence-electron chi connectivity index (χ1n) is 13.7. The molecule has 1 saturated carbocycles. The Bertz CT molecular complexity index is 1160. The molecule has 0 bridgehead atoms. The zero-order chi connectivity index (χ0) is 28.6. The summed E-state index contributed by atoms with van der Waals surface area (Å²) in [6.45, 7) is 17.2. The molecule has 1 unspecified atom stereocenters. The molecule has 1 aromatic carbocycles. The van der Waals surface area contributed by atoms with E-state index in [0.29, 0.717) is 28.5 Å². The minimum absolute atomic E-state index is 0. The van der Waals surface area contributed by atoms with Crippen molar-refractivity contribution in [2.75, 3.05) is 32.7 Å². The molecule has 1 aliphatic carbocycles. The van der Waals surface area contributed by atoms with Crippen LogP contribution in [0.1, 0.15) is 56.9 Å². The number of benzene rings is 1. The van der Waals surface area contributed by atoms with E-state index in [1.54, 1.807) is 31.3 Å². The average molecular weight is 641 g/mol. The third kappa shape index (κ3) is 9.73. The maximum absolute atomic E-state index is 11.5. The summed E-state index contributed by atoms with van der Waals surface area (Å²) in [5, 5.41) is 7.80. The van der Waals surface area contributed by atoms with Gasteiger partial charge >= 0.3 is 0 Å². The van der Waals surface area contributed by atoms with E-state index in [1.807, 2.05) is 39.0 Å². The summed E-state index contributed by atoms with van der Waals surface area (Å²) in [5.74, 6) is 0.536. The van der Waals surface area contributed by atoms with Gasteiger partial charge in [-0.05, 0) is 61.8 Å². The van der Waals surface area contributed by atoms with Crippen LogP contribution >= 0.6 is 11.6 Å². The summed E-state index contributed by atoms with van der Waals surface area (Å²) in [5.41, 5.74) is 11.3. The van der Waals surface area contributed by atoms with Gasteiger partial charge in [0.2, 0.25) is 5.91 Å². The van der Waals surface area contributed by atoms with Gasteiger partial charge in [0.25, 0.3) is 0 Å². The van der Waals surface area contributed by atoms with E-state index in [4.69, 9.17) is 17.3 Å². The number of pyridine rings is 1. The normalized spacial score (nSPS) is 18.1. The number of Topliss-reactive ketones (excluding diaryl/α,β-unsaturated/α-hetero) is 1. The van der Waals surface area contributed by atoms with E-state index in [0.717, 1.165) is 55.7 Å². The van der Waals surface area contributed by atoms with Gasteiger partial charge in [-0.3, -0.25) is 14.6 Å². The Hall–Kier alpha value is -1.64. The predicted molar refractivity (Wildman–Crippen MR) is 160 cm³/mol. The smallest absolute Gasteiger partial charge is 0.223 e. The average Bonchev–Trinajstić information content (AvgIpc) is 3.65. The van der Waals surface area contributed by atoms with Gasteiger partial charge < -0.3 is 21.3 Å². The van der Waals surface area contributed by atoms with Crippen molar-refractivity contribution >= 4 is 35.1 Å². The van der Waals surface area contributed by atoms with Gasteiger partial charge in [-0.2, -0.15) is 0 Å². The number of halogens is 1. The van der Waals surface area contributed by atoms with Crippen LogP contribution in [0.15, 0.2) is 43.1 Å². The summed E-state index contributed by atoms with van der Waals surface area (Å²) in [6.07, 6.45) is 6.50. The summed E-state index contributed by atoms with van der Waals surface area (Å²) >= 11 is 5.80. The molecule has 9 heteroatoms. The Morgan fingerprint density at radius 2 is 1.95 bits per heavy atom. The zero-order valence-corrected chi connectivity index (χ0v) is 27.9. The molecule has 1 aromatic heterocycles. The molecule has 215 valence electrons. The maximum Gasteiger partial charge on any atom is 0.223 e. The SMILES string of the molecule is C=Cc1ncc(C)cc1Cl.CC(=O)C1(CN2CC3(C[N-]C3)C2)CC1.CCC(C)C(=O)NCc1cccc([NH-])c1.[Y]. The van der Waals surface area contributed by atoms with Crippen LogP contribution in [0.25, 0.3) is 17.1 Å². The number of hydrogen-bond acceptors (Lipinski definition) is 4. The number of nitrogens with zero attached hydrogens (tertiary/aromatic N) is 3. The van der Waals surface area contributed by atoms with Crippen LogP contribution in [0.5, 0.6) is 0 Å². The molecule has 1 radical (unpaired) electrons.